The van der Waals surface area contributed by atoms with Gasteiger partial charge < -0.3 is 14.5 Å². The highest BCUT2D eigenvalue weighted by atomic mass is 16.3. The number of nitrogens with zero attached hydrogens (tertiary/aromatic N) is 1. The molecule has 0 aliphatic carbocycles. The number of amides is 1. The minimum atomic E-state index is -0.876. The fourth-order valence-corrected chi connectivity index (χ4v) is 4.44. The van der Waals surface area contributed by atoms with E-state index in [0.717, 1.165) is 22.0 Å². The van der Waals surface area contributed by atoms with Gasteiger partial charge in [0.1, 0.15) is 23.3 Å². The first kappa shape index (κ1) is 19.9. The average molecular weight is 426 g/mol. The lowest BCUT2D eigenvalue weighted by molar-refractivity contribution is -0.132. The van der Waals surface area contributed by atoms with Gasteiger partial charge in [-0.2, -0.15) is 0 Å². The van der Waals surface area contributed by atoms with Crippen molar-refractivity contribution in [3.8, 4) is 0 Å². The van der Waals surface area contributed by atoms with Gasteiger partial charge in [-0.05, 0) is 50.6 Å². The van der Waals surface area contributed by atoms with E-state index in [2.05, 4.69) is 4.98 Å². The van der Waals surface area contributed by atoms with E-state index in [0.29, 0.717) is 22.8 Å². The molecule has 0 bridgehead atoms. The number of ketones is 1. The van der Waals surface area contributed by atoms with Gasteiger partial charge in [-0.15, -0.1) is 0 Å². The second-order valence-electron chi connectivity index (χ2n) is 8.16. The molecular formula is C26H22N2O4. The van der Waals surface area contributed by atoms with Crippen LogP contribution in [0.1, 0.15) is 34.3 Å². The van der Waals surface area contributed by atoms with Gasteiger partial charge >= 0.3 is 0 Å². The van der Waals surface area contributed by atoms with E-state index in [1.54, 1.807) is 25.3 Å². The summed E-state index contributed by atoms with van der Waals surface area (Å²) in [4.78, 5) is 31.1. The number of furan rings is 1. The van der Waals surface area contributed by atoms with Crippen LogP contribution in [0.4, 0.5) is 5.69 Å². The number of hydrogen-bond donors (Lipinski definition) is 2. The van der Waals surface area contributed by atoms with Gasteiger partial charge in [0, 0.05) is 28.4 Å². The van der Waals surface area contributed by atoms with Crippen molar-refractivity contribution in [1.82, 2.24) is 4.98 Å². The summed E-state index contributed by atoms with van der Waals surface area (Å²) in [5.41, 5.74) is 3.80. The van der Waals surface area contributed by atoms with Crippen LogP contribution in [0.3, 0.4) is 0 Å². The zero-order chi connectivity index (χ0) is 22.6. The van der Waals surface area contributed by atoms with E-state index >= 15 is 0 Å². The number of aromatic nitrogens is 1. The molecule has 1 atom stereocenters. The molecule has 0 spiro atoms. The molecule has 32 heavy (non-hydrogen) atoms. The molecule has 1 aliphatic rings. The number of aryl methyl sites for hydroxylation is 3. The smallest absolute Gasteiger partial charge is 0.300 e. The second-order valence-corrected chi connectivity index (χ2v) is 8.16. The van der Waals surface area contributed by atoms with Gasteiger partial charge in [0.15, 0.2) is 0 Å². The van der Waals surface area contributed by atoms with Gasteiger partial charge in [-0.25, -0.2) is 0 Å². The summed E-state index contributed by atoms with van der Waals surface area (Å²) in [5, 5.41) is 12.1. The Hall–Kier alpha value is -4.06. The Morgan fingerprint density at radius 2 is 1.81 bits per heavy atom. The lowest BCUT2D eigenvalue weighted by Crippen LogP contribution is -2.30. The Morgan fingerprint density at radius 1 is 1.03 bits per heavy atom. The van der Waals surface area contributed by atoms with Crippen LogP contribution in [-0.4, -0.2) is 21.8 Å². The molecule has 3 heterocycles. The van der Waals surface area contributed by atoms with Gasteiger partial charge in [0.2, 0.25) is 0 Å². The number of aromatic amines is 1. The number of carbonyl (C=O) groups is 2. The highest BCUT2D eigenvalue weighted by molar-refractivity contribution is 6.51. The first-order chi connectivity index (χ1) is 15.4. The fraction of sp³-hybridized carbons (Fsp3) is 0.154. The molecule has 0 saturated carbocycles. The third kappa shape index (κ3) is 2.95. The van der Waals surface area contributed by atoms with Crippen molar-refractivity contribution in [2.45, 2.75) is 26.8 Å². The van der Waals surface area contributed by atoms with Crippen LogP contribution < -0.4 is 4.90 Å². The summed E-state index contributed by atoms with van der Waals surface area (Å²) >= 11 is 0. The number of carbonyl (C=O) groups excluding carboxylic acids is 2. The number of aliphatic hydroxyl groups excluding tert-OH is 1. The Labute approximate surface area is 184 Å². The molecule has 4 aromatic rings. The number of para-hydroxylation sites is 1. The predicted molar refractivity (Wildman–Crippen MR) is 122 cm³/mol. The largest absolute Gasteiger partial charge is 0.507 e. The van der Waals surface area contributed by atoms with Crippen molar-refractivity contribution in [2.75, 3.05) is 4.90 Å². The zero-order valence-corrected chi connectivity index (χ0v) is 18.0. The first-order valence-electron chi connectivity index (χ1n) is 10.4. The molecule has 0 radical (unpaired) electrons. The molecule has 1 unspecified atom stereocenters. The van der Waals surface area contributed by atoms with E-state index in [9.17, 15) is 14.7 Å². The second kappa shape index (κ2) is 7.27. The van der Waals surface area contributed by atoms with Crippen LogP contribution in [0.5, 0.6) is 0 Å². The molecular weight excluding hydrogens is 404 g/mol. The number of rotatable bonds is 3. The standard InChI is InChI=1S/C26H22N2O4/c1-14-8-10-20(15(2)12-14)28-23(21-11-9-16(3)32-21)22(25(30)26(28)31)24(29)18-13-27-19-7-5-4-6-17(18)19/h4-13,23,27,29H,1-3H3/b24-22-. The number of Topliss-reactive ketones (excluding diaryl/α,β-unsaturated/α-hetero) is 1. The lowest BCUT2D eigenvalue weighted by atomic mass is 9.98. The summed E-state index contributed by atoms with van der Waals surface area (Å²) in [7, 11) is 0. The van der Waals surface area contributed by atoms with E-state index < -0.39 is 17.7 Å². The molecule has 160 valence electrons. The predicted octanol–water partition coefficient (Wildman–Crippen LogP) is 5.31. The summed E-state index contributed by atoms with van der Waals surface area (Å²) in [5.74, 6) is -0.599. The molecule has 2 aromatic carbocycles. The van der Waals surface area contributed by atoms with Crippen molar-refractivity contribution in [2.24, 2.45) is 0 Å². The quantitative estimate of drug-likeness (QED) is 0.264. The van der Waals surface area contributed by atoms with E-state index in [4.69, 9.17) is 4.42 Å². The Kier molecular flexibility index (Phi) is 4.51. The highest BCUT2D eigenvalue weighted by Crippen LogP contribution is 2.44. The van der Waals surface area contributed by atoms with Gasteiger partial charge in [0.25, 0.3) is 11.7 Å². The maximum absolute atomic E-state index is 13.3. The molecule has 5 rings (SSSR count). The number of fused-ring (bicyclic) bond motifs is 1. The van der Waals surface area contributed by atoms with Gasteiger partial charge in [0.05, 0.1) is 5.57 Å². The summed E-state index contributed by atoms with van der Waals surface area (Å²) in [6.07, 6.45) is 1.65. The Bertz CT molecular complexity index is 1420. The van der Waals surface area contributed by atoms with Crippen LogP contribution in [0.25, 0.3) is 16.7 Å². The third-order valence-corrected chi connectivity index (χ3v) is 5.93. The van der Waals surface area contributed by atoms with Crippen molar-refractivity contribution < 1.29 is 19.1 Å². The van der Waals surface area contributed by atoms with Crippen molar-refractivity contribution >= 4 is 34.0 Å². The third-order valence-electron chi connectivity index (χ3n) is 5.93. The fourth-order valence-electron chi connectivity index (χ4n) is 4.44. The van der Waals surface area contributed by atoms with Crippen LogP contribution in [0.2, 0.25) is 0 Å². The van der Waals surface area contributed by atoms with Crippen molar-refractivity contribution in [3.05, 3.63) is 94.6 Å². The van der Waals surface area contributed by atoms with Gasteiger partial charge in [-0.3, -0.25) is 14.5 Å². The van der Waals surface area contributed by atoms with E-state index in [1.807, 2.05) is 56.3 Å². The van der Waals surface area contributed by atoms with E-state index in [-0.39, 0.29) is 11.3 Å². The van der Waals surface area contributed by atoms with E-state index in [1.165, 1.54) is 4.90 Å². The molecule has 1 aliphatic heterocycles. The monoisotopic (exact) mass is 426 g/mol. The molecule has 2 N–H and O–H groups in total. The normalized spacial score (nSPS) is 18.1. The molecule has 6 nitrogen and oxygen atoms in total. The molecule has 2 aromatic heterocycles. The molecule has 1 saturated heterocycles. The Morgan fingerprint density at radius 3 is 2.53 bits per heavy atom. The number of benzene rings is 2. The number of hydrogen-bond acceptors (Lipinski definition) is 4. The summed E-state index contributed by atoms with van der Waals surface area (Å²) in [6, 6.07) is 15.8. The maximum Gasteiger partial charge on any atom is 0.300 e. The number of aliphatic hydroxyl groups is 1. The van der Waals surface area contributed by atoms with Crippen LogP contribution in [-0.2, 0) is 9.59 Å². The average Bonchev–Trinajstić information content (AvgIpc) is 3.45. The maximum atomic E-state index is 13.3. The van der Waals surface area contributed by atoms with Crippen LogP contribution in [0.15, 0.2) is 70.8 Å². The minimum absolute atomic E-state index is 0.00841. The van der Waals surface area contributed by atoms with Gasteiger partial charge in [-0.1, -0.05) is 35.9 Å². The highest BCUT2D eigenvalue weighted by Gasteiger charge is 2.49. The summed E-state index contributed by atoms with van der Waals surface area (Å²) < 4.78 is 5.87. The lowest BCUT2D eigenvalue weighted by Gasteiger charge is -2.25. The zero-order valence-electron chi connectivity index (χ0n) is 18.0. The number of anilines is 1. The van der Waals surface area contributed by atoms with Crippen LogP contribution >= 0.6 is 0 Å². The van der Waals surface area contributed by atoms with Crippen LogP contribution in [0, 0.1) is 20.8 Å². The minimum Gasteiger partial charge on any atom is -0.507 e. The molecule has 6 heteroatoms. The topological polar surface area (TPSA) is 86.5 Å². The number of H-pyrrole nitrogens is 1. The SMILES string of the molecule is Cc1ccc(N2C(=O)C(=O)/C(=C(\O)c3c[nH]c4ccccc34)C2c2ccc(C)o2)c(C)c1. The molecule has 1 fully saturated rings. The first-order valence-corrected chi connectivity index (χ1v) is 10.4. The molecule has 1 amide bonds. The van der Waals surface area contributed by atoms with Crippen molar-refractivity contribution in [3.63, 3.8) is 0 Å². The summed E-state index contributed by atoms with van der Waals surface area (Å²) in [6.45, 7) is 5.66. The Balaban J connectivity index is 1.77. The number of nitrogens with one attached hydrogen (secondary N) is 1. The van der Waals surface area contributed by atoms with Crippen molar-refractivity contribution in [1.29, 1.82) is 0 Å².